The van der Waals surface area contributed by atoms with Gasteiger partial charge in [-0.25, -0.2) is 4.79 Å². The van der Waals surface area contributed by atoms with Crippen molar-refractivity contribution < 1.29 is 28.2 Å². The number of rotatable bonds is 0. The number of hydrogen-bond acceptors (Lipinski definition) is 4. The van der Waals surface area contributed by atoms with Gasteiger partial charge in [0.15, 0.2) is 0 Å². The highest BCUT2D eigenvalue weighted by atomic mass is 19.3. The number of alkyl halides is 2. The van der Waals surface area contributed by atoms with E-state index in [0.29, 0.717) is 0 Å². The van der Waals surface area contributed by atoms with Crippen molar-refractivity contribution in [1.82, 2.24) is 0 Å². The van der Waals surface area contributed by atoms with E-state index in [1.807, 2.05) is 0 Å². The summed E-state index contributed by atoms with van der Waals surface area (Å²) in [5, 5.41) is 8.11. The van der Waals surface area contributed by atoms with Gasteiger partial charge in [-0.1, -0.05) is 0 Å². The standard InChI is InChI=1S/C3H2F2O4/c4-3(5)1(6)8-2(7)9-3/h1,6H. The van der Waals surface area contributed by atoms with Crippen molar-refractivity contribution in [2.24, 2.45) is 0 Å². The van der Waals surface area contributed by atoms with Crippen LogP contribution in [0, 0.1) is 0 Å². The van der Waals surface area contributed by atoms with E-state index in [-0.39, 0.29) is 0 Å². The lowest BCUT2D eigenvalue weighted by atomic mass is 10.6. The predicted molar refractivity (Wildman–Crippen MR) is 18.5 cm³/mol. The molecule has 0 spiro atoms. The molecule has 1 atom stereocenters. The number of ether oxygens (including phenoxy) is 2. The third kappa shape index (κ3) is 0.925. The summed E-state index contributed by atoms with van der Waals surface area (Å²) in [5.41, 5.74) is 0. The van der Waals surface area contributed by atoms with Crippen LogP contribution in [0.5, 0.6) is 0 Å². The fraction of sp³-hybridized carbons (Fsp3) is 0.667. The minimum absolute atomic E-state index is 1.56. The largest absolute Gasteiger partial charge is 0.515 e. The van der Waals surface area contributed by atoms with Crippen molar-refractivity contribution in [2.45, 2.75) is 12.4 Å². The zero-order chi connectivity index (χ0) is 7.07. The van der Waals surface area contributed by atoms with Crippen molar-refractivity contribution in [2.75, 3.05) is 0 Å². The van der Waals surface area contributed by atoms with E-state index in [1.54, 1.807) is 0 Å². The summed E-state index contributed by atoms with van der Waals surface area (Å²) in [6.07, 6.45) is -7.92. The number of carbonyl (C=O) groups excluding carboxylic acids is 1. The number of aliphatic hydroxyl groups excluding tert-OH is 1. The zero-order valence-corrected chi connectivity index (χ0v) is 4.01. The monoisotopic (exact) mass is 140 g/mol. The van der Waals surface area contributed by atoms with Crippen molar-refractivity contribution >= 4 is 6.16 Å². The Morgan fingerprint density at radius 3 is 2.33 bits per heavy atom. The molecule has 0 aromatic carbocycles. The normalized spacial score (nSPS) is 31.4. The molecule has 0 aromatic rings. The molecule has 1 N–H and O–H groups in total. The molecule has 0 aromatic heterocycles. The van der Waals surface area contributed by atoms with E-state index < -0.39 is 18.6 Å². The fourth-order valence-electron chi connectivity index (χ4n) is 0.345. The number of halogens is 2. The Balaban J connectivity index is 2.69. The van der Waals surface area contributed by atoms with Gasteiger partial charge in [0, 0.05) is 0 Å². The maximum absolute atomic E-state index is 11.8. The van der Waals surface area contributed by atoms with Gasteiger partial charge in [-0.3, -0.25) is 0 Å². The molecule has 6 heteroatoms. The lowest BCUT2D eigenvalue weighted by molar-refractivity contribution is -0.254. The van der Waals surface area contributed by atoms with Crippen LogP contribution in [-0.2, 0) is 9.47 Å². The summed E-state index contributed by atoms with van der Waals surface area (Å²) in [6, 6.07) is 0. The summed E-state index contributed by atoms with van der Waals surface area (Å²) in [7, 11) is 0. The second-order valence-electron chi connectivity index (χ2n) is 1.38. The van der Waals surface area contributed by atoms with Crippen LogP contribution in [0.15, 0.2) is 0 Å². The van der Waals surface area contributed by atoms with Gasteiger partial charge in [0.25, 0.3) is 0 Å². The van der Waals surface area contributed by atoms with Gasteiger partial charge in [0.05, 0.1) is 0 Å². The minimum Gasteiger partial charge on any atom is -0.393 e. The second-order valence-corrected chi connectivity index (χ2v) is 1.38. The van der Waals surface area contributed by atoms with E-state index in [4.69, 9.17) is 5.11 Å². The molecular formula is C3H2F2O4. The Morgan fingerprint density at radius 1 is 1.67 bits per heavy atom. The molecular weight excluding hydrogens is 138 g/mol. The van der Waals surface area contributed by atoms with Crippen LogP contribution in [0.25, 0.3) is 0 Å². The Morgan fingerprint density at radius 2 is 2.22 bits per heavy atom. The Labute approximate surface area is 48.0 Å². The number of carbonyl (C=O) groups is 1. The summed E-state index contributed by atoms with van der Waals surface area (Å²) >= 11 is 0. The lowest BCUT2D eigenvalue weighted by Gasteiger charge is -2.05. The van der Waals surface area contributed by atoms with E-state index in [9.17, 15) is 13.6 Å². The van der Waals surface area contributed by atoms with E-state index >= 15 is 0 Å². The highest BCUT2D eigenvalue weighted by molar-refractivity contribution is 5.62. The zero-order valence-electron chi connectivity index (χ0n) is 4.01. The maximum Gasteiger partial charge on any atom is 0.515 e. The molecule has 1 unspecified atom stereocenters. The molecule has 0 radical (unpaired) electrons. The summed E-state index contributed by atoms with van der Waals surface area (Å²) in [5.74, 6) is 0. The molecule has 4 nitrogen and oxygen atoms in total. The second kappa shape index (κ2) is 1.53. The van der Waals surface area contributed by atoms with Gasteiger partial charge < -0.3 is 14.6 Å². The Kier molecular flexibility index (Phi) is 1.06. The van der Waals surface area contributed by atoms with E-state index in [1.165, 1.54) is 0 Å². The molecule has 1 aliphatic heterocycles. The van der Waals surface area contributed by atoms with Gasteiger partial charge in [-0.15, -0.1) is 0 Å². The van der Waals surface area contributed by atoms with Gasteiger partial charge >= 0.3 is 18.6 Å². The van der Waals surface area contributed by atoms with Gasteiger partial charge in [0.2, 0.25) is 0 Å². The fourth-order valence-corrected chi connectivity index (χ4v) is 0.345. The molecule has 0 bridgehead atoms. The highest BCUT2D eigenvalue weighted by Gasteiger charge is 2.53. The number of hydrogen-bond donors (Lipinski definition) is 1. The predicted octanol–water partition coefficient (Wildman–Crippen LogP) is 0.0644. The van der Waals surface area contributed by atoms with Gasteiger partial charge in [-0.2, -0.15) is 8.78 Å². The molecule has 1 rings (SSSR count). The van der Waals surface area contributed by atoms with Crippen LogP contribution < -0.4 is 0 Å². The average Bonchev–Trinajstić information content (AvgIpc) is 1.79. The molecule has 0 aliphatic carbocycles. The first-order valence-electron chi connectivity index (χ1n) is 1.98. The third-order valence-electron chi connectivity index (χ3n) is 0.715. The third-order valence-corrected chi connectivity index (χ3v) is 0.715. The van der Waals surface area contributed by atoms with Gasteiger partial charge in [-0.05, 0) is 0 Å². The van der Waals surface area contributed by atoms with Crippen LogP contribution in [0.2, 0.25) is 0 Å². The van der Waals surface area contributed by atoms with Crippen LogP contribution in [-0.4, -0.2) is 23.7 Å². The maximum atomic E-state index is 11.8. The quantitative estimate of drug-likeness (QED) is 0.483. The Bertz CT molecular complexity index is 145. The smallest absolute Gasteiger partial charge is 0.393 e. The molecule has 9 heavy (non-hydrogen) atoms. The number of cyclic esters (lactones) is 2. The molecule has 1 fully saturated rings. The SMILES string of the molecule is O=C1OC(O)C(F)(F)O1. The van der Waals surface area contributed by atoms with Crippen LogP contribution >= 0.6 is 0 Å². The minimum atomic E-state index is -3.89. The molecule has 52 valence electrons. The topological polar surface area (TPSA) is 55.8 Å². The summed E-state index contributed by atoms with van der Waals surface area (Å²) < 4.78 is 30.3. The first-order valence-corrected chi connectivity index (χ1v) is 1.98. The summed E-state index contributed by atoms with van der Waals surface area (Å²) in [4.78, 5) is 9.78. The average molecular weight is 140 g/mol. The first-order chi connectivity index (χ1) is 4.02. The van der Waals surface area contributed by atoms with Crippen molar-refractivity contribution in [3.8, 4) is 0 Å². The van der Waals surface area contributed by atoms with Crippen molar-refractivity contribution in [3.63, 3.8) is 0 Å². The van der Waals surface area contributed by atoms with E-state index in [0.717, 1.165) is 0 Å². The van der Waals surface area contributed by atoms with E-state index in [2.05, 4.69) is 9.47 Å². The summed E-state index contributed by atoms with van der Waals surface area (Å²) in [6.45, 7) is 0. The lowest BCUT2D eigenvalue weighted by Crippen LogP contribution is -2.28. The van der Waals surface area contributed by atoms with Crippen LogP contribution in [0.4, 0.5) is 13.6 Å². The van der Waals surface area contributed by atoms with Crippen LogP contribution in [0.1, 0.15) is 0 Å². The van der Waals surface area contributed by atoms with Gasteiger partial charge in [0.1, 0.15) is 0 Å². The molecule has 1 aliphatic rings. The molecule has 0 amide bonds. The molecule has 1 saturated heterocycles. The first kappa shape index (κ1) is 6.21. The number of aliphatic hydroxyl groups is 1. The van der Waals surface area contributed by atoms with Crippen molar-refractivity contribution in [1.29, 1.82) is 0 Å². The molecule has 0 saturated carbocycles. The van der Waals surface area contributed by atoms with Crippen LogP contribution in [0.3, 0.4) is 0 Å². The Hall–Kier alpha value is -0.910. The molecule has 1 heterocycles. The highest BCUT2D eigenvalue weighted by Crippen LogP contribution is 2.27. The van der Waals surface area contributed by atoms with Crippen molar-refractivity contribution in [3.05, 3.63) is 0 Å².